The SMILES string of the molecule is C=CCOCOc1ccc2c(c1)C(=O)OC2=O. The van der Waals surface area contributed by atoms with Crippen molar-refractivity contribution in [2.45, 2.75) is 0 Å². The first-order valence-electron chi connectivity index (χ1n) is 4.94. The molecule has 17 heavy (non-hydrogen) atoms. The molecular formula is C12H10O5. The van der Waals surface area contributed by atoms with Crippen LogP contribution < -0.4 is 4.74 Å². The number of ether oxygens (including phenoxy) is 3. The number of carbonyl (C=O) groups excluding carboxylic acids is 2. The molecule has 0 spiro atoms. The molecule has 1 aliphatic heterocycles. The number of rotatable bonds is 5. The van der Waals surface area contributed by atoms with Gasteiger partial charge in [-0.3, -0.25) is 0 Å². The largest absolute Gasteiger partial charge is 0.468 e. The van der Waals surface area contributed by atoms with Crippen molar-refractivity contribution >= 4 is 11.9 Å². The molecule has 0 bridgehead atoms. The fourth-order valence-corrected chi connectivity index (χ4v) is 1.40. The van der Waals surface area contributed by atoms with Gasteiger partial charge in [-0.1, -0.05) is 6.08 Å². The number of hydrogen-bond acceptors (Lipinski definition) is 5. The molecule has 0 N–H and O–H groups in total. The average Bonchev–Trinajstić information content (AvgIpc) is 2.61. The maximum Gasteiger partial charge on any atom is 0.347 e. The Hall–Kier alpha value is -2.14. The van der Waals surface area contributed by atoms with E-state index in [0.717, 1.165) is 0 Å². The van der Waals surface area contributed by atoms with Crippen molar-refractivity contribution in [2.75, 3.05) is 13.4 Å². The van der Waals surface area contributed by atoms with E-state index in [9.17, 15) is 9.59 Å². The van der Waals surface area contributed by atoms with Crippen LogP contribution in [0.3, 0.4) is 0 Å². The van der Waals surface area contributed by atoms with Gasteiger partial charge in [-0.15, -0.1) is 6.58 Å². The summed E-state index contributed by atoms with van der Waals surface area (Å²) in [5.74, 6) is -0.832. The van der Waals surface area contributed by atoms with Crippen LogP contribution >= 0.6 is 0 Å². The summed E-state index contributed by atoms with van der Waals surface area (Å²) >= 11 is 0. The maximum absolute atomic E-state index is 11.3. The normalized spacial score (nSPS) is 13.2. The van der Waals surface area contributed by atoms with Crippen LogP contribution in [-0.4, -0.2) is 25.3 Å². The summed E-state index contributed by atoms with van der Waals surface area (Å²) in [6, 6.07) is 4.53. The third-order valence-corrected chi connectivity index (χ3v) is 2.16. The van der Waals surface area contributed by atoms with Crippen LogP contribution in [0, 0.1) is 0 Å². The standard InChI is InChI=1S/C12H10O5/c1-2-5-15-7-16-8-3-4-9-10(6-8)12(14)17-11(9)13/h2-4,6H,1,5,7H2. The highest BCUT2D eigenvalue weighted by Crippen LogP contribution is 2.24. The fourth-order valence-electron chi connectivity index (χ4n) is 1.40. The van der Waals surface area contributed by atoms with Crippen LogP contribution in [-0.2, 0) is 9.47 Å². The maximum atomic E-state index is 11.3. The van der Waals surface area contributed by atoms with Crippen LogP contribution in [0.1, 0.15) is 20.7 Å². The molecule has 5 nitrogen and oxygen atoms in total. The lowest BCUT2D eigenvalue weighted by atomic mass is 10.1. The van der Waals surface area contributed by atoms with Gasteiger partial charge in [-0.05, 0) is 18.2 Å². The third-order valence-electron chi connectivity index (χ3n) is 2.16. The number of esters is 2. The molecule has 5 heteroatoms. The number of hydrogen-bond donors (Lipinski definition) is 0. The Morgan fingerprint density at radius 1 is 1.24 bits per heavy atom. The Labute approximate surface area is 97.6 Å². The van der Waals surface area contributed by atoms with Crippen LogP contribution in [0.2, 0.25) is 0 Å². The Morgan fingerprint density at radius 3 is 2.76 bits per heavy atom. The van der Waals surface area contributed by atoms with E-state index in [1.54, 1.807) is 12.1 Å². The summed E-state index contributed by atoms with van der Waals surface area (Å²) in [5.41, 5.74) is 0.477. The minimum Gasteiger partial charge on any atom is -0.468 e. The van der Waals surface area contributed by atoms with Gasteiger partial charge in [0.1, 0.15) is 5.75 Å². The Morgan fingerprint density at radius 2 is 2.00 bits per heavy atom. The van der Waals surface area contributed by atoms with E-state index in [1.807, 2.05) is 0 Å². The summed E-state index contributed by atoms with van der Waals surface area (Å²) in [5, 5.41) is 0. The topological polar surface area (TPSA) is 61.8 Å². The van der Waals surface area contributed by atoms with E-state index in [-0.39, 0.29) is 17.9 Å². The number of carbonyl (C=O) groups is 2. The van der Waals surface area contributed by atoms with Gasteiger partial charge in [-0.25, -0.2) is 9.59 Å². The second-order valence-electron chi connectivity index (χ2n) is 3.31. The van der Waals surface area contributed by atoms with E-state index >= 15 is 0 Å². The molecule has 0 radical (unpaired) electrons. The molecule has 2 rings (SSSR count). The molecule has 0 aromatic heterocycles. The van der Waals surface area contributed by atoms with Gasteiger partial charge in [0.2, 0.25) is 0 Å². The highest BCUT2D eigenvalue weighted by molar-refractivity contribution is 6.14. The lowest BCUT2D eigenvalue weighted by Crippen LogP contribution is -2.03. The predicted molar refractivity (Wildman–Crippen MR) is 57.8 cm³/mol. The first kappa shape index (κ1) is 11.3. The smallest absolute Gasteiger partial charge is 0.347 e. The number of benzene rings is 1. The Bertz CT molecular complexity index is 478. The zero-order chi connectivity index (χ0) is 12.3. The first-order chi connectivity index (χ1) is 8.22. The molecule has 1 aliphatic rings. The van der Waals surface area contributed by atoms with Crippen molar-refractivity contribution in [1.82, 2.24) is 0 Å². The molecule has 0 saturated heterocycles. The van der Waals surface area contributed by atoms with Crippen LogP contribution in [0.5, 0.6) is 5.75 Å². The zero-order valence-corrected chi connectivity index (χ0v) is 8.97. The summed E-state index contributed by atoms with van der Waals surface area (Å²) < 4.78 is 14.7. The molecule has 0 amide bonds. The van der Waals surface area contributed by atoms with Crippen molar-refractivity contribution < 1.29 is 23.8 Å². The van der Waals surface area contributed by atoms with Crippen molar-refractivity contribution in [2.24, 2.45) is 0 Å². The molecule has 0 unspecified atom stereocenters. The second kappa shape index (κ2) is 4.80. The van der Waals surface area contributed by atoms with Crippen LogP contribution in [0.4, 0.5) is 0 Å². The summed E-state index contributed by atoms with van der Waals surface area (Å²) in [6.07, 6.45) is 1.60. The average molecular weight is 234 g/mol. The van der Waals surface area contributed by atoms with Gasteiger partial charge in [0.25, 0.3) is 0 Å². The lowest BCUT2D eigenvalue weighted by molar-refractivity contribution is 0.0305. The van der Waals surface area contributed by atoms with Gasteiger partial charge in [0.15, 0.2) is 6.79 Å². The minimum atomic E-state index is -0.651. The van der Waals surface area contributed by atoms with E-state index in [0.29, 0.717) is 12.4 Å². The molecule has 88 valence electrons. The highest BCUT2D eigenvalue weighted by Gasteiger charge is 2.29. The highest BCUT2D eigenvalue weighted by atomic mass is 16.7. The van der Waals surface area contributed by atoms with E-state index in [2.05, 4.69) is 11.3 Å². The number of fused-ring (bicyclic) bond motifs is 1. The Kier molecular flexibility index (Phi) is 3.20. The predicted octanol–water partition coefficient (Wildman–Crippen LogP) is 1.54. The van der Waals surface area contributed by atoms with Crippen molar-refractivity contribution in [1.29, 1.82) is 0 Å². The van der Waals surface area contributed by atoms with Gasteiger partial charge < -0.3 is 14.2 Å². The third kappa shape index (κ3) is 2.34. The van der Waals surface area contributed by atoms with Gasteiger partial charge in [0.05, 0.1) is 17.7 Å². The fraction of sp³-hybridized carbons (Fsp3) is 0.167. The van der Waals surface area contributed by atoms with E-state index in [1.165, 1.54) is 12.1 Å². The summed E-state index contributed by atoms with van der Waals surface area (Å²) in [7, 11) is 0. The quantitative estimate of drug-likeness (QED) is 0.254. The Balaban J connectivity index is 2.06. The van der Waals surface area contributed by atoms with Gasteiger partial charge in [0, 0.05) is 0 Å². The molecule has 1 heterocycles. The first-order valence-corrected chi connectivity index (χ1v) is 4.94. The second-order valence-corrected chi connectivity index (χ2v) is 3.31. The van der Waals surface area contributed by atoms with Gasteiger partial charge in [-0.2, -0.15) is 0 Å². The molecule has 0 fully saturated rings. The van der Waals surface area contributed by atoms with Gasteiger partial charge >= 0.3 is 11.9 Å². The van der Waals surface area contributed by atoms with Crippen LogP contribution in [0.15, 0.2) is 30.9 Å². The molecule has 1 aromatic carbocycles. The van der Waals surface area contributed by atoms with E-state index in [4.69, 9.17) is 9.47 Å². The van der Waals surface area contributed by atoms with E-state index < -0.39 is 11.9 Å². The molecule has 0 aliphatic carbocycles. The summed E-state index contributed by atoms with van der Waals surface area (Å²) in [4.78, 5) is 22.4. The molecular weight excluding hydrogens is 224 g/mol. The van der Waals surface area contributed by atoms with Crippen LogP contribution in [0.25, 0.3) is 0 Å². The number of cyclic esters (lactones) is 2. The zero-order valence-electron chi connectivity index (χ0n) is 8.97. The molecule has 0 saturated carbocycles. The molecule has 0 atom stereocenters. The van der Waals surface area contributed by atoms with Crippen molar-refractivity contribution in [3.05, 3.63) is 42.0 Å². The minimum absolute atomic E-state index is 0.0494. The lowest BCUT2D eigenvalue weighted by Gasteiger charge is -2.05. The molecule has 1 aromatic rings. The summed E-state index contributed by atoms with van der Waals surface area (Å²) in [6.45, 7) is 3.92. The van der Waals surface area contributed by atoms with Crippen molar-refractivity contribution in [3.63, 3.8) is 0 Å². The monoisotopic (exact) mass is 234 g/mol. The van der Waals surface area contributed by atoms with Crippen molar-refractivity contribution in [3.8, 4) is 5.75 Å².